The van der Waals surface area contributed by atoms with E-state index in [0.29, 0.717) is 22.3 Å². The van der Waals surface area contributed by atoms with E-state index in [2.05, 4.69) is 42.3 Å². The minimum atomic E-state index is -0.705. The Kier molecular flexibility index (Phi) is 6.04. The summed E-state index contributed by atoms with van der Waals surface area (Å²) in [5.74, 6) is 1.48. The molecule has 182 valence electrons. The molecule has 2 N–H and O–H groups in total. The molecule has 5 rings (SSSR count). The van der Waals surface area contributed by atoms with Crippen LogP contribution in [0.2, 0.25) is 0 Å². The lowest BCUT2D eigenvalue weighted by molar-refractivity contribution is 0.102. The Morgan fingerprint density at radius 3 is 2.81 bits per heavy atom. The number of carbonyl (C=O) groups is 1. The quantitative estimate of drug-likeness (QED) is 0.430. The van der Waals surface area contributed by atoms with Gasteiger partial charge in [-0.1, -0.05) is 23.7 Å². The SMILES string of the molecule is [B]c1cc(C)c(-c2cc3cnc(=NC)nc-3n3c2NCC3)cc1NC(=O)c1cccc(C(C)(C)C#N)c1. The Morgan fingerprint density at radius 2 is 2.05 bits per heavy atom. The van der Waals surface area contributed by atoms with Crippen molar-refractivity contribution in [2.45, 2.75) is 32.7 Å². The fraction of sp³-hybridized carbons (Fsp3) is 0.250. The zero-order valence-corrected chi connectivity index (χ0v) is 21.3. The van der Waals surface area contributed by atoms with Crippen LogP contribution in [-0.2, 0) is 12.0 Å². The summed E-state index contributed by atoms with van der Waals surface area (Å²) in [6, 6.07) is 15.2. The summed E-state index contributed by atoms with van der Waals surface area (Å²) >= 11 is 0. The van der Waals surface area contributed by atoms with E-state index in [4.69, 9.17) is 7.85 Å². The van der Waals surface area contributed by atoms with Gasteiger partial charge in [-0.2, -0.15) is 10.2 Å². The third-order valence-corrected chi connectivity index (χ3v) is 6.75. The highest BCUT2D eigenvalue weighted by atomic mass is 16.1. The van der Waals surface area contributed by atoms with Crippen molar-refractivity contribution >= 4 is 30.7 Å². The first kappa shape index (κ1) is 24.3. The Labute approximate surface area is 216 Å². The number of anilines is 2. The largest absolute Gasteiger partial charge is 0.369 e. The molecule has 3 aliphatic rings. The summed E-state index contributed by atoms with van der Waals surface area (Å²) in [6.07, 6.45) is 1.78. The van der Waals surface area contributed by atoms with Gasteiger partial charge in [0.25, 0.3) is 5.91 Å². The maximum Gasteiger partial charge on any atom is 0.255 e. The number of pyridine rings is 1. The number of fused-ring (bicyclic) bond motifs is 3. The number of carbonyl (C=O) groups excluding carboxylic acids is 1. The topological polar surface area (TPSA) is 108 Å². The van der Waals surface area contributed by atoms with E-state index in [-0.39, 0.29) is 5.91 Å². The average Bonchev–Trinajstić information content (AvgIpc) is 3.40. The van der Waals surface area contributed by atoms with E-state index < -0.39 is 5.41 Å². The van der Waals surface area contributed by atoms with Gasteiger partial charge in [-0.15, -0.1) is 0 Å². The number of nitrogens with one attached hydrogen (secondary N) is 2. The van der Waals surface area contributed by atoms with Crippen LogP contribution in [0.5, 0.6) is 0 Å². The second kappa shape index (κ2) is 9.21. The lowest BCUT2D eigenvalue weighted by Gasteiger charge is -2.20. The normalized spacial score (nSPS) is 13.2. The number of benzene rings is 2. The predicted molar refractivity (Wildman–Crippen MR) is 145 cm³/mol. The van der Waals surface area contributed by atoms with Crippen molar-refractivity contribution in [3.8, 4) is 28.6 Å². The van der Waals surface area contributed by atoms with Crippen molar-refractivity contribution in [3.05, 3.63) is 71.0 Å². The molecule has 3 aliphatic heterocycles. The number of rotatable bonds is 4. The van der Waals surface area contributed by atoms with Crippen molar-refractivity contribution in [2.75, 3.05) is 24.2 Å². The van der Waals surface area contributed by atoms with Crippen LogP contribution in [0.1, 0.15) is 35.3 Å². The van der Waals surface area contributed by atoms with Crippen LogP contribution in [-0.4, -0.2) is 41.9 Å². The minimum Gasteiger partial charge on any atom is -0.369 e. The van der Waals surface area contributed by atoms with Gasteiger partial charge >= 0.3 is 0 Å². The lowest BCUT2D eigenvalue weighted by Crippen LogP contribution is -2.21. The molecule has 2 radical (unpaired) electrons. The second-order valence-electron chi connectivity index (χ2n) is 9.68. The summed E-state index contributed by atoms with van der Waals surface area (Å²) in [5.41, 5.74) is 5.74. The Bertz CT molecular complexity index is 1630. The zero-order chi connectivity index (χ0) is 26.3. The Morgan fingerprint density at radius 1 is 1.24 bits per heavy atom. The number of aromatic nitrogens is 3. The molecule has 2 aromatic rings. The van der Waals surface area contributed by atoms with E-state index >= 15 is 0 Å². The van der Waals surface area contributed by atoms with E-state index in [1.165, 1.54) is 0 Å². The van der Waals surface area contributed by atoms with Gasteiger partial charge in [0, 0.05) is 48.7 Å². The highest BCUT2D eigenvalue weighted by molar-refractivity contribution is 6.37. The van der Waals surface area contributed by atoms with E-state index in [1.54, 1.807) is 31.4 Å². The van der Waals surface area contributed by atoms with Crippen LogP contribution in [0.3, 0.4) is 0 Å². The molecular weight excluding hydrogens is 461 g/mol. The standard InChI is InChI=1S/C28H26BN7O/c1-16-10-22(29)23(34-26(37)17-6-5-7-19(11-17)28(2,3)15-30)13-20(16)21-12-18-14-33-27(31-4)35-24(18)36-9-8-32-25(21)36/h5-7,10-14,32H,8-9H2,1-4H3,(H,34,37). The molecule has 0 bridgehead atoms. The maximum absolute atomic E-state index is 13.2. The van der Waals surface area contributed by atoms with E-state index in [9.17, 15) is 10.1 Å². The molecule has 3 heterocycles. The number of aryl methyl sites for hydroxylation is 1. The van der Waals surface area contributed by atoms with Crippen molar-refractivity contribution in [1.29, 1.82) is 5.26 Å². The van der Waals surface area contributed by atoms with Gasteiger partial charge in [-0.05, 0) is 61.7 Å². The summed E-state index contributed by atoms with van der Waals surface area (Å²) in [4.78, 5) is 26.2. The van der Waals surface area contributed by atoms with Gasteiger partial charge in [0.2, 0.25) is 5.62 Å². The Hall–Kier alpha value is -4.45. The molecule has 0 aromatic heterocycles. The first-order chi connectivity index (χ1) is 17.7. The van der Waals surface area contributed by atoms with E-state index in [1.807, 2.05) is 39.0 Å². The highest BCUT2D eigenvalue weighted by Crippen LogP contribution is 2.38. The molecule has 0 saturated heterocycles. The summed E-state index contributed by atoms with van der Waals surface area (Å²) in [7, 11) is 8.02. The molecule has 8 nitrogen and oxygen atoms in total. The van der Waals surface area contributed by atoms with Crippen molar-refractivity contribution in [2.24, 2.45) is 4.99 Å². The number of amides is 1. The lowest BCUT2D eigenvalue weighted by atomic mass is 9.85. The third-order valence-electron chi connectivity index (χ3n) is 6.75. The monoisotopic (exact) mass is 487 g/mol. The second-order valence-corrected chi connectivity index (χ2v) is 9.68. The molecule has 0 aliphatic carbocycles. The zero-order valence-electron chi connectivity index (χ0n) is 21.3. The minimum absolute atomic E-state index is 0.294. The average molecular weight is 487 g/mol. The first-order valence-corrected chi connectivity index (χ1v) is 12.0. The molecule has 0 unspecified atom stereocenters. The molecule has 2 aromatic carbocycles. The van der Waals surface area contributed by atoms with Gasteiger partial charge < -0.3 is 15.2 Å². The van der Waals surface area contributed by atoms with E-state index in [0.717, 1.165) is 52.5 Å². The van der Waals surface area contributed by atoms with Gasteiger partial charge in [-0.3, -0.25) is 9.79 Å². The van der Waals surface area contributed by atoms with Crippen LogP contribution >= 0.6 is 0 Å². The van der Waals surface area contributed by atoms with Crippen molar-refractivity contribution < 1.29 is 4.79 Å². The highest BCUT2D eigenvalue weighted by Gasteiger charge is 2.24. The molecule has 0 fully saturated rings. The van der Waals surface area contributed by atoms with Gasteiger partial charge in [0.05, 0.1) is 11.5 Å². The van der Waals surface area contributed by atoms with Gasteiger partial charge in [-0.25, -0.2) is 4.98 Å². The van der Waals surface area contributed by atoms with Crippen molar-refractivity contribution in [1.82, 2.24) is 14.5 Å². The van der Waals surface area contributed by atoms with Crippen molar-refractivity contribution in [3.63, 3.8) is 0 Å². The summed E-state index contributed by atoms with van der Waals surface area (Å²) < 4.78 is 2.14. The van der Waals surface area contributed by atoms with Crippen LogP contribution in [0.15, 0.2) is 53.7 Å². The number of hydrogen-bond donors (Lipinski definition) is 2. The van der Waals surface area contributed by atoms with Gasteiger partial charge in [0.15, 0.2) is 0 Å². The molecule has 0 atom stereocenters. The van der Waals surface area contributed by atoms with Gasteiger partial charge in [0.1, 0.15) is 19.5 Å². The third kappa shape index (κ3) is 4.36. The summed E-state index contributed by atoms with van der Waals surface area (Å²) in [5, 5.41) is 15.9. The molecule has 1 amide bonds. The fourth-order valence-corrected chi connectivity index (χ4v) is 4.61. The number of nitrogens with zero attached hydrogens (tertiary/aromatic N) is 5. The molecule has 0 spiro atoms. The predicted octanol–water partition coefficient (Wildman–Crippen LogP) is 3.16. The maximum atomic E-state index is 13.2. The number of nitriles is 1. The van der Waals surface area contributed by atoms with Crippen LogP contribution in [0.25, 0.3) is 22.5 Å². The van der Waals surface area contributed by atoms with Crippen LogP contribution < -0.4 is 21.7 Å². The number of hydrogen-bond acceptors (Lipinski definition) is 6. The smallest absolute Gasteiger partial charge is 0.255 e. The Balaban J connectivity index is 1.57. The molecule has 37 heavy (non-hydrogen) atoms. The molecule has 0 saturated carbocycles. The fourth-order valence-electron chi connectivity index (χ4n) is 4.61. The summed E-state index contributed by atoms with van der Waals surface area (Å²) in [6.45, 7) is 7.20. The van der Waals surface area contributed by atoms with Crippen LogP contribution in [0, 0.1) is 18.3 Å². The first-order valence-electron chi connectivity index (χ1n) is 12.0. The van der Waals surface area contributed by atoms with Crippen LogP contribution in [0.4, 0.5) is 11.5 Å². The molecule has 9 heteroatoms. The molecular formula is C28H26BN7O.